The molecule has 1 saturated heterocycles. The maximum Gasteiger partial charge on any atom is 0.239 e. The fraction of sp³-hybridized carbons (Fsp3) is 0.286. The van der Waals surface area contributed by atoms with Crippen molar-refractivity contribution < 1.29 is 14.6 Å². The van der Waals surface area contributed by atoms with Crippen LogP contribution in [-0.4, -0.2) is 34.8 Å². The third-order valence-electron chi connectivity index (χ3n) is 4.40. The molecule has 0 saturated carbocycles. The highest BCUT2D eigenvalue weighted by Gasteiger charge is 2.30. The quantitative estimate of drug-likeness (QED) is 0.575. The van der Waals surface area contributed by atoms with Crippen molar-refractivity contribution >= 4 is 29.1 Å². The van der Waals surface area contributed by atoms with E-state index in [4.69, 9.17) is 4.74 Å². The first-order valence-electron chi connectivity index (χ1n) is 9.00. The number of carbonyl (C=O) groups is 1. The third kappa shape index (κ3) is 4.92. The molecule has 2 aromatic carbocycles. The van der Waals surface area contributed by atoms with Crippen molar-refractivity contribution in [3.05, 3.63) is 59.2 Å². The summed E-state index contributed by atoms with van der Waals surface area (Å²) in [6, 6.07) is 13.3. The summed E-state index contributed by atoms with van der Waals surface area (Å²) in [5.74, 6) is 0.860. The molecule has 1 unspecified atom stereocenters. The molecule has 28 heavy (non-hydrogen) atoms. The zero-order chi connectivity index (χ0) is 20.1. The molecule has 0 radical (unpaired) electrons. The lowest BCUT2D eigenvalue weighted by molar-refractivity contribution is -0.118. The minimum Gasteiger partial charge on any atom is -0.504 e. The summed E-state index contributed by atoms with van der Waals surface area (Å²) >= 11 is 1.38. The average molecular weight is 398 g/mol. The number of phenols is 1. The normalized spacial score (nSPS) is 18.2. The van der Waals surface area contributed by atoms with Crippen LogP contribution in [0.1, 0.15) is 36.5 Å². The largest absolute Gasteiger partial charge is 0.504 e. The molecule has 1 amide bonds. The van der Waals surface area contributed by atoms with E-state index in [1.807, 2.05) is 0 Å². The van der Waals surface area contributed by atoms with Gasteiger partial charge in [0.1, 0.15) is 0 Å². The van der Waals surface area contributed by atoms with Gasteiger partial charge in [-0.25, -0.2) is 0 Å². The van der Waals surface area contributed by atoms with Gasteiger partial charge in [0.25, 0.3) is 0 Å². The van der Waals surface area contributed by atoms with Crippen LogP contribution in [0.4, 0.5) is 0 Å². The summed E-state index contributed by atoms with van der Waals surface area (Å²) in [5.41, 5.74) is 3.14. The molecule has 2 N–H and O–H groups in total. The number of ether oxygens (including phenoxy) is 1. The van der Waals surface area contributed by atoms with Crippen molar-refractivity contribution in [2.45, 2.75) is 31.4 Å². The summed E-state index contributed by atoms with van der Waals surface area (Å²) in [7, 11) is 1.48. The maximum atomic E-state index is 12.2. The van der Waals surface area contributed by atoms with Gasteiger partial charge in [-0.3, -0.25) is 4.79 Å². The fourth-order valence-electron chi connectivity index (χ4n) is 2.76. The average Bonchev–Trinajstić information content (AvgIpc) is 3.02. The van der Waals surface area contributed by atoms with Gasteiger partial charge in [-0.2, -0.15) is 5.10 Å². The molecule has 2 aromatic rings. The molecule has 1 fully saturated rings. The molecule has 0 aliphatic carbocycles. The number of thioether (sulfide) groups is 1. The van der Waals surface area contributed by atoms with Crippen molar-refractivity contribution in [2.75, 3.05) is 7.11 Å². The molecule has 1 aliphatic heterocycles. The molecule has 0 bridgehead atoms. The van der Waals surface area contributed by atoms with Gasteiger partial charge < -0.3 is 15.2 Å². The Morgan fingerprint density at radius 2 is 2.00 bits per heavy atom. The number of carbonyl (C=O) groups excluding carboxylic acids is 1. The number of amidine groups is 1. The van der Waals surface area contributed by atoms with Crippen LogP contribution in [0.3, 0.4) is 0 Å². The lowest BCUT2D eigenvalue weighted by Crippen LogP contribution is -2.25. The van der Waals surface area contributed by atoms with Gasteiger partial charge in [0.2, 0.25) is 5.91 Å². The fourth-order valence-corrected chi connectivity index (χ4v) is 3.73. The molecule has 6 nitrogen and oxygen atoms in total. The second-order valence-electron chi connectivity index (χ2n) is 6.78. The summed E-state index contributed by atoms with van der Waals surface area (Å²) in [6.45, 7) is 4.32. The molecular weight excluding hydrogens is 374 g/mol. The van der Waals surface area contributed by atoms with Gasteiger partial charge in [-0.15, -0.1) is 5.10 Å². The monoisotopic (exact) mass is 397 g/mol. The molecular formula is C21H23N3O3S. The molecule has 1 heterocycles. The number of nitrogens with one attached hydrogen (secondary N) is 1. The van der Waals surface area contributed by atoms with E-state index in [1.54, 1.807) is 18.3 Å². The molecule has 146 valence electrons. The van der Waals surface area contributed by atoms with Crippen LogP contribution >= 0.6 is 11.8 Å². The molecule has 0 aromatic heterocycles. The van der Waals surface area contributed by atoms with Crippen molar-refractivity contribution in [3.8, 4) is 11.5 Å². The summed E-state index contributed by atoms with van der Waals surface area (Å²) in [4.78, 5) is 12.2. The first-order valence-corrected chi connectivity index (χ1v) is 9.88. The molecule has 1 atom stereocenters. The van der Waals surface area contributed by atoms with Gasteiger partial charge in [0, 0.05) is 0 Å². The highest BCUT2D eigenvalue weighted by atomic mass is 32.2. The molecule has 7 heteroatoms. The van der Waals surface area contributed by atoms with Crippen molar-refractivity contribution in [3.63, 3.8) is 0 Å². The predicted molar refractivity (Wildman–Crippen MR) is 113 cm³/mol. The van der Waals surface area contributed by atoms with Gasteiger partial charge in [-0.05, 0) is 47.2 Å². The van der Waals surface area contributed by atoms with Crippen LogP contribution in [-0.2, 0) is 11.2 Å². The number of nitrogens with zero attached hydrogens (tertiary/aromatic N) is 2. The summed E-state index contributed by atoms with van der Waals surface area (Å²) < 4.78 is 5.06. The number of aromatic hydroxyl groups is 1. The highest BCUT2D eigenvalue weighted by molar-refractivity contribution is 8.15. The predicted octanol–water partition coefficient (Wildman–Crippen LogP) is 3.69. The van der Waals surface area contributed by atoms with Crippen molar-refractivity contribution in [1.29, 1.82) is 0 Å². The van der Waals surface area contributed by atoms with Gasteiger partial charge in [-0.1, -0.05) is 49.9 Å². The first kappa shape index (κ1) is 19.9. The lowest BCUT2D eigenvalue weighted by Gasteiger charge is -2.08. The number of hydrogen-bond donors (Lipinski definition) is 2. The van der Waals surface area contributed by atoms with E-state index in [2.05, 4.69) is 53.6 Å². The van der Waals surface area contributed by atoms with E-state index in [9.17, 15) is 9.90 Å². The van der Waals surface area contributed by atoms with Crippen molar-refractivity contribution in [2.24, 2.45) is 10.2 Å². The van der Waals surface area contributed by atoms with E-state index >= 15 is 0 Å². The zero-order valence-electron chi connectivity index (χ0n) is 16.0. The van der Waals surface area contributed by atoms with E-state index in [1.165, 1.54) is 30.5 Å². The Hall–Kier alpha value is -2.80. The minimum absolute atomic E-state index is 0.0572. The van der Waals surface area contributed by atoms with E-state index in [-0.39, 0.29) is 16.9 Å². The van der Waals surface area contributed by atoms with Gasteiger partial charge in [0.15, 0.2) is 16.7 Å². The Labute approximate surface area is 168 Å². The van der Waals surface area contributed by atoms with Gasteiger partial charge >= 0.3 is 0 Å². The number of benzene rings is 2. The van der Waals surface area contributed by atoms with Crippen molar-refractivity contribution in [1.82, 2.24) is 5.32 Å². The Morgan fingerprint density at radius 3 is 2.68 bits per heavy atom. The Morgan fingerprint density at radius 1 is 1.25 bits per heavy atom. The number of hydrogen-bond acceptors (Lipinski definition) is 6. The standard InChI is InChI=1S/C21H23N3O3S/c1-13(2)16-7-4-14(5-8-16)11-19-20(26)23-21(28-19)24-22-12-15-6-9-17(25)18(10-15)27-3/h4-10,12-13,19,25H,11H2,1-3H3,(H,23,24,26)/b22-12+. The first-order chi connectivity index (χ1) is 13.5. The van der Waals surface area contributed by atoms with E-state index in [0.717, 1.165) is 11.1 Å². The number of rotatable bonds is 6. The lowest BCUT2D eigenvalue weighted by atomic mass is 10.0. The van der Waals surface area contributed by atoms with Crippen LogP contribution in [0.2, 0.25) is 0 Å². The van der Waals surface area contributed by atoms with Crippen LogP contribution in [0.25, 0.3) is 0 Å². The Kier molecular flexibility index (Phi) is 6.36. The Bertz CT molecular complexity index is 908. The van der Waals surface area contributed by atoms with Crippen LogP contribution in [0.5, 0.6) is 11.5 Å². The van der Waals surface area contributed by atoms with Gasteiger partial charge in [0.05, 0.1) is 18.6 Å². The zero-order valence-corrected chi connectivity index (χ0v) is 16.9. The second kappa shape index (κ2) is 8.93. The smallest absolute Gasteiger partial charge is 0.239 e. The Balaban J connectivity index is 1.62. The second-order valence-corrected chi connectivity index (χ2v) is 7.97. The number of phenolic OH excluding ortho intramolecular Hbond substituents is 1. The topological polar surface area (TPSA) is 83.3 Å². The number of amides is 1. The minimum atomic E-state index is -0.215. The maximum absolute atomic E-state index is 12.2. The molecule has 3 rings (SSSR count). The highest BCUT2D eigenvalue weighted by Crippen LogP contribution is 2.26. The summed E-state index contributed by atoms with van der Waals surface area (Å²) in [6.07, 6.45) is 2.19. The van der Waals surface area contributed by atoms with Crippen LogP contribution in [0, 0.1) is 0 Å². The van der Waals surface area contributed by atoms with Crippen LogP contribution < -0.4 is 10.1 Å². The molecule has 0 spiro atoms. The molecule has 1 aliphatic rings. The third-order valence-corrected chi connectivity index (χ3v) is 5.48. The van der Waals surface area contributed by atoms with E-state index in [0.29, 0.717) is 23.3 Å². The van der Waals surface area contributed by atoms with Crippen LogP contribution in [0.15, 0.2) is 52.7 Å². The van der Waals surface area contributed by atoms with E-state index < -0.39 is 0 Å². The SMILES string of the molecule is COc1cc(/C=N/N=C2\NC(=O)C(Cc3ccc(C(C)C)cc3)S2)ccc1O. The summed E-state index contributed by atoms with van der Waals surface area (Å²) in [5, 5.41) is 20.8. The number of methoxy groups -OCH3 is 1.